The monoisotopic (exact) mass is 329 g/mol. The highest BCUT2D eigenvalue weighted by atomic mass is 32.2. The summed E-state index contributed by atoms with van der Waals surface area (Å²) in [6, 6.07) is 16.3. The molecule has 0 saturated heterocycles. The van der Waals surface area contributed by atoms with Crippen LogP contribution in [0.3, 0.4) is 0 Å². The Bertz CT molecular complexity index is 817. The summed E-state index contributed by atoms with van der Waals surface area (Å²) in [5.41, 5.74) is 0.547. The lowest BCUT2D eigenvalue weighted by Gasteiger charge is -2.30. The second kappa shape index (κ2) is 5.91. The summed E-state index contributed by atoms with van der Waals surface area (Å²) in [5.74, 6) is -0.222. The highest BCUT2D eigenvalue weighted by Gasteiger charge is 2.41. The molecule has 1 heterocycles. The minimum atomic E-state index is -3.54. The molecule has 0 spiro atoms. The predicted octanol–water partition coefficient (Wildman–Crippen LogP) is 2.50. The lowest BCUT2D eigenvalue weighted by molar-refractivity contribution is -0.113. The zero-order valence-corrected chi connectivity index (χ0v) is 13.7. The van der Waals surface area contributed by atoms with Crippen LogP contribution in [-0.2, 0) is 14.6 Å². The van der Waals surface area contributed by atoms with Gasteiger partial charge in [0.1, 0.15) is 6.29 Å². The number of nitrogens with one attached hydrogen (secondary N) is 1. The summed E-state index contributed by atoms with van der Waals surface area (Å²) in [7, 11) is -3.54. The van der Waals surface area contributed by atoms with Gasteiger partial charge in [-0.15, -0.1) is 0 Å². The van der Waals surface area contributed by atoms with Gasteiger partial charge < -0.3 is 4.79 Å². The summed E-state index contributed by atoms with van der Waals surface area (Å²) in [4.78, 5) is 12.1. The summed E-state index contributed by atoms with van der Waals surface area (Å²) < 4.78 is 25.6. The predicted molar refractivity (Wildman–Crippen MR) is 89.0 cm³/mol. The molecule has 2 atom stereocenters. The Morgan fingerprint density at radius 1 is 1.13 bits per heavy atom. The van der Waals surface area contributed by atoms with Crippen molar-refractivity contribution < 1.29 is 13.2 Å². The fraction of sp³-hybridized carbons (Fsp3) is 0.278. The van der Waals surface area contributed by atoms with Crippen LogP contribution < -0.4 is 5.32 Å². The molecule has 0 aliphatic carbocycles. The average Bonchev–Trinajstić information content (AvgIpc) is 2.69. The first-order chi connectivity index (χ1) is 11.0. The van der Waals surface area contributed by atoms with Gasteiger partial charge in [0.2, 0.25) is 0 Å². The van der Waals surface area contributed by atoms with Crippen LogP contribution in [0.1, 0.15) is 30.5 Å². The third kappa shape index (κ3) is 2.82. The molecular weight excluding hydrogens is 310 g/mol. The van der Waals surface area contributed by atoms with Gasteiger partial charge in [0, 0.05) is 0 Å². The molecule has 3 rings (SSSR count). The largest absolute Gasteiger partial charge is 0.301 e. The van der Waals surface area contributed by atoms with Gasteiger partial charge in [0.15, 0.2) is 9.84 Å². The van der Waals surface area contributed by atoms with Crippen molar-refractivity contribution >= 4 is 16.1 Å². The van der Waals surface area contributed by atoms with Crippen LogP contribution in [0.15, 0.2) is 59.5 Å². The van der Waals surface area contributed by atoms with E-state index in [1.165, 1.54) is 0 Å². The van der Waals surface area contributed by atoms with E-state index in [1.807, 2.05) is 49.4 Å². The molecule has 0 saturated carbocycles. The van der Waals surface area contributed by atoms with Gasteiger partial charge >= 0.3 is 0 Å². The topological polar surface area (TPSA) is 63.2 Å². The van der Waals surface area contributed by atoms with E-state index in [0.717, 1.165) is 11.8 Å². The Labute approximate surface area is 136 Å². The highest BCUT2D eigenvalue weighted by molar-refractivity contribution is 7.91. The molecule has 1 N–H and O–H groups in total. The van der Waals surface area contributed by atoms with Crippen molar-refractivity contribution in [3.8, 4) is 0 Å². The average molecular weight is 329 g/mol. The Hall–Kier alpha value is -1.98. The van der Waals surface area contributed by atoms with Gasteiger partial charge in [-0.2, -0.15) is 0 Å². The number of aldehydes is 1. The van der Waals surface area contributed by atoms with E-state index >= 15 is 0 Å². The minimum Gasteiger partial charge on any atom is -0.301 e. The van der Waals surface area contributed by atoms with E-state index in [4.69, 9.17) is 0 Å². The van der Waals surface area contributed by atoms with E-state index in [1.54, 1.807) is 12.1 Å². The quantitative estimate of drug-likeness (QED) is 0.879. The van der Waals surface area contributed by atoms with Crippen molar-refractivity contribution in [2.45, 2.75) is 29.8 Å². The number of sulfone groups is 1. The first kappa shape index (κ1) is 15.9. The first-order valence-electron chi connectivity index (χ1n) is 7.62. The molecule has 4 nitrogen and oxygen atoms in total. The smallest absolute Gasteiger partial charge is 0.180 e. The van der Waals surface area contributed by atoms with E-state index in [9.17, 15) is 13.2 Å². The molecule has 23 heavy (non-hydrogen) atoms. The van der Waals surface area contributed by atoms with Crippen LogP contribution >= 0.6 is 0 Å². The van der Waals surface area contributed by atoms with E-state index in [0.29, 0.717) is 16.9 Å². The molecule has 2 aromatic rings. The molecule has 120 valence electrons. The van der Waals surface area contributed by atoms with Gasteiger partial charge in [-0.3, -0.25) is 5.32 Å². The van der Waals surface area contributed by atoms with Gasteiger partial charge in [0.05, 0.1) is 22.2 Å². The summed E-state index contributed by atoms with van der Waals surface area (Å²) >= 11 is 0. The Morgan fingerprint density at radius 2 is 1.78 bits per heavy atom. The van der Waals surface area contributed by atoms with Crippen LogP contribution in [0.25, 0.3) is 0 Å². The second-order valence-corrected chi connectivity index (χ2v) is 7.87. The van der Waals surface area contributed by atoms with Gasteiger partial charge in [-0.05, 0) is 23.6 Å². The van der Waals surface area contributed by atoms with Gasteiger partial charge in [0.25, 0.3) is 0 Å². The van der Waals surface area contributed by atoms with Crippen molar-refractivity contribution in [1.29, 1.82) is 0 Å². The van der Waals surface area contributed by atoms with Crippen LogP contribution in [0.4, 0.5) is 0 Å². The van der Waals surface area contributed by atoms with E-state index in [2.05, 4.69) is 5.32 Å². The molecule has 1 aliphatic heterocycles. The van der Waals surface area contributed by atoms with E-state index < -0.39 is 15.4 Å². The number of fused-ring (bicyclic) bond motifs is 1. The zero-order valence-electron chi connectivity index (χ0n) is 12.9. The van der Waals surface area contributed by atoms with Crippen molar-refractivity contribution in [3.05, 3.63) is 65.7 Å². The Morgan fingerprint density at radius 3 is 2.43 bits per heavy atom. The van der Waals surface area contributed by atoms with Crippen LogP contribution in [-0.4, -0.2) is 26.0 Å². The molecule has 0 radical (unpaired) electrons. The minimum absolute atomic E-state index is 0.222. The lowest BCUT2D eigenvalue weighted by atomic mass is 9.93. The number of benzene rings is 2. The van der Waals surface area contributed by atoms with Crippen molar-refractivity contribution in [1.82, 2.24) is 5.32 Å². The maximum atomic E-state index is 12.8. The standard InChI is InChI=1S/C18H19NO3S/c1-2-18(12-20)13-23(21,22)16-11-7-6-10-15(16)17(19-18)14-8-4-3-5-9-14/h3-12,17,19H,2,13H2,1H3/t17-,18-/m0/s1. The highest BCUT2D eigenvalue weighted by Crippen LogP contribution is 2.35. The number of carbonyl (C=O) groups is 1. The number of hydrogen-bond acceptors (Lipinski definition) is 4. The first-order valence-corrected chi connectivity index (χ1v) is 9.27. The van der Waals surface area contributed by atoms with Crippen LogP contribution in [0, 0.1) is 0 Å². The fourth-order valence-corrected chi connectivity index (χ4v) is 5.11. The number of carbonyl (C=O) groups excluding carboxylic acids is 1. The van der Waals surface area contributed by atoms with Crippen molar-refractivity contribution in [2.24, 2.45) is 0 Å². The third-order valence-electron chi connectivity index (χ3n) is 4.43. The molecule has 0 unspecified atom stereocenters. The number of hydrogen-bond donors (Lipinski definition) is 1. The van der Waals surface area contributed by atoms with Gasteiger partial charge in [-0.1, -0.05) is 55.5 Å². The normalized spacial score (nSPS) is 26.0. The van der Waals surface area contributed by atoms with Crippen LogP contribution in [0.5, 0.6) is 0 Å². The van der Waals surface area contributed by atoms with Crippen LogP contribution in [0.2, 0.25) is 0 Å². The Balaban J connectivity index is 2.26. The van der Waals surface area contributed by atoms with Crippen molar-refractivity contribution in [3.63, 3.8) is 0 Å². The lowest BCUT2D eigenvalue weighted by Crippen LogP contribution is -2.51. The molecule has 2 aromatic carbocycles. The molecule has 0 fully saturated rings. The molecule has 0 aromatic heterocycles. The Kier molecular flexibility index (Phi) is 4.08. The molecule has 1 aliphatic rings. The third-order valence-corrected chi connectivity index (χ3v) is 6.37. The zero-order chi connectivity index (χ0) is 16.5. The number of rotatable bonds is 3. The maximum Gasteiger partial charge on any atom is 0.180 e. The molecule has 0 bridgehead atoms. The van der Waals surface area contributed by atoms with Gasteiger partial charge in [-0.25, -0.2) is 8.42 Å². The summed E-state index contributed by atoms with van der Waals surface area (Å²) in [6.45, 7) is 1.83. The molecule has 5 heteroatoms. The summed E-state index contributed by atoms with van der Waals surface area (Å²) in [6.07, 6.45) is 1.15. The molecular formula is C18H19NO3S. The SMILES string of the molecule is CC[C@]1(C=O)CS(=O)(=O)c2ccccc2[C@H](c2ccccc2)N1. The second-order valence-electron chi connectivity index (χ2n) is 5.91. The van der Waals surface area contributed by atoms with Crippen molar-refractivity contribution in [2.75, 3.05) is 5.75 Å². The summed E-state index contributed by atoms with van der Waals surface area (Å²) in [5, 5.41) is 3.31. The molecule has 0 amide bonds. The fourth-order valence-electron chi connectivity index (χ4n) is 3.09. The maximum absolute atomic E-state index is 12.8. The van der Waals surface area contributed by atoms with E-state index in [-0.39, 0.29) is 11.8 Å².